The van der Waals surface area contributed by atoms with Crippen LogP contribution < -0.4 is 46.5 Å². The van der Waals surface area contributed by atoms with Gasteiger partial charge in [0.1, 0.15) is 28.5 Å². The second-order valence-corrected chi connectivity index (χ2v) is 24.3. The van der Waals surface area contributed by atoms with Crippen molar-refractivity contribution in [3.63, 3.8) is 0 Å². The van der Waals surface area contributed by atoms with E-state index in [1.807, 2.05) is 50.8 Å². The van der Waals surface area contributed by atoms with Gasteiger partial charge in [0.25, 0.3) is 11.5 Å². The average molecular weight is 1250 g/mol. The number of aryl methyl sites for hydroxylation is 1. The minimum Gasteiger partial charge on any atom is -0.495 e. The number of carbonyl (C=O) groups excluding carboxylic acids is 4. The molecule has 2 aliphatic heterocycles. The van der Waals surface area contributed by atoms with Crippen LogP contribution in [0.4, 0.5) is 37.5 Å². The summed E-state index contributed by atoms with van der Waals surface area (Å²) < 4.78 is 45.3. The van der Waals surface area contributed by atoms with E-state index >= 15 is 8.78 Å². The van der Waals surface area contributed by atoms with Crippen LogP contribution in [-0.4, -0.2) is 102 Å². The lowest BCUT2D eigenvalue weighted by atomic mass is 9.62. The van der Waals surface area contributed by atoms with E-state index in [9.17, 15) is 29.2 Å². The number of unbranched alkanes of at least 4 members (excludes halogenated alkanes) is 4. The van der Waals surface area contributed by atoms with Gasteiger partial charge < -0.3 is 45.9 Å². The number of pyridine rings is 1. The molecule has 0 unspecified atom stereocenters. The Bertz CT molecular complexity index is 3940. The molecule has 464 valence electrons. The number of nitrogens with zero attached hydrogens (tertiary/aromatic N) is 6. The van der Waals surface area contributed by atoms with E-state index in [0.717, 1.165) is 37.4 Å². The molecule has 0 aliphatic carbocycles. The predicted octanol–water partition coefficient (Wildman–Crippen LogP) is 11.9. The SMILES string of the molecule is C=CC(=O)Nc1cccc(-n2c(=O)cc(C)c3cnc(Nc4ccc(N5CCN(C(=O)CCCCCCCNC(=O)c6ccc(NC(=O)[C@@H]7N[C@@H](CC(C)(C)C)[C@](C#N)(c8ccc(Cl)cc8F)[C@H]7c7cccc(Cl)c7F)c(OC)c6)CC5)cc4OC)nc32)c1. The molecule has 2 saturated heterocycles. The average Bonchev–Trinajstić information content (AvgIpc) is 1.62. The first-order valence-electron chi connectivity index (χ1n) is 29.4. The Morgan fingerprint density at radius 1 is 0.854 bits per heavy atom. The molecule has 0 saturated carbocycles. The first-order valence-corrected chi connectivity index (χ1v) is 30.2. The zero-order valence-electron chi connectivity index (χ0n) is 50.4. The Morgan fingerprint density at radius 2 is 1.57 bits per heavy atom. The van der Waals surface area contributed by atoms with Crippen LogP contribution >= 0.6 is 23.2 Å². The summed E-state index contributed by atoms with van der Waals surface area (Å²) in [6.07, 6.45) is 7.60. The van der Waals surface area contributed by atoms with Gasteiger partial charge in [0.05, 0.1) is 48.4 Å². The van der Waals surface area contributed by atoms with Crippen LogP contribution in [0, 0.1) is 35.3 Å². The number of amides is 4. The summed E-state index contributed by atoms with van der Waals surface area (Å²) in [5.74, 6) is -3.21. The summed E-state index contributed by atoms with van der Waals surface area (Å²) in [6.45, 7) is 14.0. The van der Waals surface area contributed by atoms with Crippen molar-refractivity contribution in [2.75, 3.05) is 67.8 Å². The maximum atomic E-state index is 16.2. The molecule has 4 heterocycles. The number of halogens is 4. The quantitative estimate of drug-likeness (QED) is 0.0315. The van der Waals surface area contributed by atoms with Gasteiger partial charge in [0.2, 0.25) is 23.7 Å². The highest BCUT2D eigenvalue weighted by Gasteiger charge is 2.61. The summed E-state index contributed by atoms with van der Waals surface area (Å²) in [5.41, 5.74) is 1.46. The number of hydrogen-bond acceptors (Lipinski definition) is 13. The smallest absolute Gasteiger partial charge is 0.257 e. The van der Waals surface area contributed by atoms with Crippen molar-refractivity contribution in [2.24, 2.45) is 5.41 Å². The minimum atomic E-state index is -1.82. The van der Waals surface area contributed by atoms with E-state index in [2.05, 4.69) is 49.1 Å². The van der Waals surface area contributed by atoms with Gasteiger partial charge in [-0.2, -0.15) is 10.2 Å². The van der Waals surface area contributed by atoms with E-state index < -0.39 is 46.4 Å². The third-order valence-electron chi connectivity index (χ3n) is 16.3. The van der Waals surface area contributed by atoms with E-state index in [4.69, 9.17) is 37.7 Å². The van der Waals surface area contributed by atoms with Crippen molar-refractivity contribution in [1.82, 2.24) is 30.1 Å². The molecule has 0 spiro atoms. The molecule has 5 N–H and O–H groups in total. The number of nitriles is 1. The number of anilines is 5. The number of benzene rings is 5. The lowest BCUT2D eigenvalue weighted by molar-refractivity contribution is -0.131. The van der Waals surface area contributed by atoms with Crippen LogP contribution in [0.25, 0.3) is 16.7 Å². The predicted molar refractivity (Wildman–Crippen MR) is 343 cm³/mol. The van der Waals surface area contributed by atoms with E-state index in [0.29, 0.717) is 91.4 Å². The Hall–Kier alpha value is -8.90. The van der Waals surface area contributed by atoms with E-state index in [1.165, 1.54) is 66.3 Å². The number of hydrogen-bond donors (Lipinski definition) is 5. The van der Waals surface area contributed by atoms with Gasteiger partial charge in [-0.3, -0.25) is 28.5 Å². The highest BCUT2D eigenvalue weighted by molar-refractivity contribution is 6.31. The first-order chi connectivity index (χ1) is 42.7. The Labute approximate surface area is 525 Å². The lowest BCUT2D eigenvalue weighted by Crippen LogP contribution is -2.48. The van der Waals surface area contributed by atoms with Crippen LogP contribution in [0.2, 0.25) is 10.0 Å². The van der Waals surface area contributed by atoms with Gasteiger partial charge in [-0.25, -0.2) is 13.8 Å². The van der Waals surface area contributed by atoms with E-state index in [-0.39, 0.29) is 67.4 Å². The number of carbonyl (C=O) groups is 4. The topological polar surface area (TPSA) is 225 Å². The van der Waals surface area contributed by atoms with Crippen LogP contribution in [-0.2, 0) is 19.8 Å². The summed E-state index contributed by atoms with van der Waals surface area (Å²) in [4.78, 5) is 80.2. The molecule has 7 aromatic rings. The van der Waals surface area contributed by atoms with Crippen LogP contribution in [0.5, 0.6) is 11.5 Å². The normalized spacial score (nSPS) is 17.4. The summed E-state index contributed by atoms with van der Waals surface area (Å²) in [5, 5.41) is 26.9. The molecule has 0 radical (unpaired) electrons. The molecule has 0 bridgehead atoms. The largest absolute Gasteiger partial charge is 0.495 e. The van der Waals surface area contributed by atoms with Gasteiger partial charge >= 0.3 is 0 Å². The van der Waals surface area contributed by atoms with E-state index in [1.54, 1.807) is 43.6 Å². The maximum absolute atomic E-state index is 16.2. The summed E-state index contributed by atoms with van der Waals surface area (Å²) >= 11 is 12.5. The van der Waals surface area contributed by atoms with Crippen LogP contribution in [0.1, 0.15) is 98.7 Å². The molecule has 2 fully saturated rings. The van der Waals surface area contributed by atoms with Crippen LogP contribution in [0.15, 0.2) is 127 Å². The molecular formula is C67H71Cl2F2N11O7. The monoisotopic (exact) mass is 1250 g/mol. The second-order valence-electron chi connectivity index (χ2n) is 23.4. The minimum absolute atomic E-state index is 0.0451. The molecule has 2 aliphatic rings. The number of ether oxygens (including phenoxy) is 2. The zero-order valence-corrected chi connectivity index (χ0v) is 52.0. The number of aromatic nitrogens is 3. The molecule has 9 rings (SSSR count). The molecule has 89 heavy (non-hydrogen) atoms. The standard InChI is InChI=1S/C67H71Cl2F2N11O7/c1-8-56(83)75-43-16-14-17-45(35-43)82-58(85)32-40(2)47-38-74-65(79-62(47)82)77-52-26-23-44(36-54(52)89-7)80-28-30-81(31-29-80)57(84)20-12-10-9-11-13-27-73-63(86)41-21-25-51(53(33-41)88-6)76-64(87)61-59(46-18-15-19-49(69)60(46)71)67(39-72,55(78-61)37-66(3,4)5)48-24-22-42(68)34-50(48)70/h8,14-19,21-26,32-36,38,55,59,61,78H,1,9-13,20,27-31,37H2,2-7H3,(H,73,86)(H,75,83)(H,76,87)(H,74,77,79)/t55-,59-,61+,67-/m0/s1. The van der Waals surface area contributed by atoms with Gasteiger partial charge in [0.15, 0.2) is 5.65 Å². The lowest BCUT2D eigenvalue weighted by Gasteiger charge is -2.37. The number of methoxy groups -OCH3 is 2. The molecule has 18 nitrogen and oxygen atoms in total. The van der Waals surface area contributed by atoms with Gasteiger partial charge in [-0.05, 0) is 116 Å². The molecule has 22 heteroatoms. The van der Waals surface area contributed by atoms with Crippen molar-refractivity contribution in [1.29, 1.82) is 5.26 Å². The third kappa shape index (κ3) is 14.5. The second kappa shape index (κ2) is 28.1. The highest BCUT2D eigenvalue weighted by atomic mass is 35.5. The number of nitrogens with one attached hydrogen (secondary N) is 5. The Morgan fingerprint density at radius 3 is 2.29 bits per heavy atom. The van der Waals surface area contributed by atoms with Gasteiger partial charge in [0, 0.05) is 102 Å². The van der Waals surface area contributed by atoms with Crippen molar-refractivity contribution in [3.8, 4) is 23.3 Å². The van der Waals surface area contributed by atoms with Gasteiger partial charge in [-0.1, -0.05) is 94.1 Å². The Balaban J connectivity index is 0.734. The molecule has 2 aromatic heterocycles. The van der Waals surface area contributed by atoms with Gasteiger partial charge in [-0.15, -0.1) is 0 Å². The molecule has 4 amide bonds. The molecule has 4 atom stereocenters. The van der Waals surface area contributed by atoms with Crippen molar-refractivity contribution >= 4 is 86.6 Å². The summed E-state index contributed by atoms with van der Waals surface area (Å²) in [6, 6.07) is 27.3. The summed E-state index contributed by atoms with van der Waals surface area (Å²) in [7, 11) is 2.97. The van der Waals surface area contributed by atoms with Crippen molar-refractivity contribution < 1.29 is 37.4 Å². The Kier molecular flexibility index (Phi) is 20.4. The van der Waals surface area contributed by atoms with Crippen LogP contribution in [0.3, 0.4) is 0 Å². The van der Waals surface area contributed by atoms with Crippen molar-refractivity contribution in [2.45, 2.75) is 96.1 Å². The fourth-order valence-electron chi connectivity index (χ4n) is 11.9. The molecular weight excluding hydrogens is 1180 g/mol. The van der Waals surface area contributed by atoms with Crippen molar-refractivity contribution in [3.05, 3.63) is 176 Å². The third-order valence-corrected chi connectivity index (χ3v) is 16.8. The number of fused-ring (bicyclic) bond motifs is 1. The number of rotatable bonds is 22. The molecule has 5 aromatic carbocycles. The fourth-order valence-corrected chi connectivity index (χ4v) is 12.2. The first kappa shape index (κ1) is 64.6. The number of piperazine rings is 1. The maximum Gasteiger partial charge on any atom is 0.257 e. The highest BCUT2D eigenvalue weighted by Crippen LogP contribution is 2.53. The fraction of sp³-hybridized carbons (Fsp3) is 0.343. The zero-order chi connectivity index (χ0) is 63.7.